The van der Waals surface area contributed by atoms with Crippen LogP contribution in [0.4, 0.5) is 10.7 Å². The van der Waals surface area contributed by atoms with E-state index in [0.717, 1.165) is 37.7 Å². The van der Waals surface area contributed by atoms with Crippen molar-refractivity contribution in [1.29, 1.82) is 0 Å². The van der Waals surface area contributed by atoms with Crippen molar-refractivity contribution in [3.63, 3.8) is 0 Å². The van der Waals surface area contributed by atoms with Crippen molar-refractivity contribution in [2.75, 3.05) is 17.2 Å². The molecule has 1 aliphatic carbocycles. The summed E-state index contributed by atoms with van der Waals surface area (Å²) in [5, 5.41) is 10.7. The smallest absolute Gasteiger partial charge is 0.274 e. The third-order valence-electron chi connectivity index (χ3n) is 5.61. The summed E-state index contributed by atoms with van der Waals surface area (Å²) in [5.41, 5.74) is 2.68. The van der Waals surface area contributed by atoms with Crippen molar-refractivity contribution in [3.8, 4) is 5.75 Å². The number of aryl methyl sites for hydroxylation is 2. The standard InChI is InChI=1S/C24H28N4O3S/c1-3-31-19-12-9-8-11-17(19)26-23(30)21-16-10-6-4-5-7-13-20(16)32-24(21)27-22(29)18-14-15-25-28(18)2/h8-9,11-12,14-15H,3-7,10,13H2,1-2H3,(H,26,30)(H,27,29). The minimum Gasteiger partial charge on any atom is -0.492 e. The molecule has 1 aliphatic rings. The van der Waals surface area contributed by atoms with Crippen LogP contribution in [0.1, 0.15) is 63.9 Å². The van der Waals surface area contributed by atoms with E-state index in [1.54, 1.807) is 19.3 Å². The number of benzene rings is 1. The Balaban J connectivity index is 1.69. The molecular formula is C24H28N4O3S. The number of hydrogen-bond donors (Lipinski definition) is 2. The fourth-order valence-electron chi connectivity index (χ4n) is 4.05. The molecule has 2 aromatic heterocycles. The number of carbonyl (C=O) groups is 2. The molecule has 8 heteroatoms. The SMILES string of the molecule is CCOc1ccccc1NC(=O)c1c(NC(=O)c2ccnn2C)sc2c1CCCCCC2. The van der Waals surface area contributed by atoms with Gasteiger partial charge in [-0.3, -0.25) is 14.3 Å². The zero-order valence-electron chi connectivity index (χ0n) is 18.4. The Kier molecular flexibility index (Phi) is 6.90. The molecule has 32 heavy (non-hydrogen) atoms. The van der Waals surface area contributed by atoms with Gasteiger partial charge in [-0.05, 0) is 56.4 Å². The molecule has 1 aromatic carbocycles. The van der Waals surface area contributed by atoms with Gasteiger partial charge in [0.15, 0.2) is 0 Å². The van der Waals surface area contributed by atoms with Gasteiger partial charge in [-0.15, -0.1) is 11.3 Å². The third-order valence-corrected chi connectivity index (χ3v) is 6.82. The number of fused-ring (bicyclic) bond motifs is 1. The number of nitrogens with zero attached hydrogens (tertiary/aromatic N) is 2. The maximum atomic E-state index is 13.5. The highest BCUT2D eigenvalue weighted by Crippen LogP contribution is 2.38. The first-order valence-corrected chi connectivity index (χ1v) is 11.9. The second kappa shape index (κ2) is 9.99. The van der Waals surface area contributed by atoms with Crippen molar-refractivity contribution < 1.29 is 14.3 Å². The van der Waals surface area contributed by atoms with E-state index in [-0.39, 0.29) is 11.8 Å². The molecule has 7 nitrogen and oxygen atoms in total. The molecule has 0 unspecified atom stereocenters. The molecule has 0 spiro atoms. The lowest BCUT2D eigenvalue weighted by molar-refractivity contribution is 0.101. The maximum absolute atomic E-state index is 13.5. The lowest BCUT2D eigenvalue weighted by Gasteiger charge is -2.14. The van der Waals surface area contributed by atoms with E-state index < -0.39 is 0 Å². The largest absolute Gasteiger partial charge is 0.492 e. The predicted molar refractivity (Wildman–Crippen MR) is 127 cm³/mol. The second-order valence-corrected chi connectivity index (χ2v) is 8.90. The highest BCUT2D eigenvalue weighted by atomic mass is 32.1. The van der Waals surface area contributed by atoms with Crippen LogP contribution in [0.3, 0.4) is 0 Å². The summed E-state index contributed by atoms with van der Waals surface area (Å²) in [5.74, 6) is 0.125. The number of anilines is 2. The Morgan fingerprint density at radius 1 is 1.06 bits per heavy atom. The molecule has 2 N–H and O–H groups in total. The number of aromatic nitrogens is 2. The first kappa shape index (κ1) is 22.1. The van der Waals surface area contributed by atoms with Gasteiger partial charge >= 0.3 is 0 Å². The van der Waals surface area contributed by atoms with Crippen LogP contribution in [-0.4, -0.2) is 28.2 Å². The van der Waals surface area contributed by atoms with Crippen molar-refractivity contribution in [2.24, 2.45) is 7.05 Å². The van der Waals surface area contributed by atoms with E-state index in [4.69, 9.17) is 4.74 Å². The van der Waals surface area contributed by atoms with E-state index >= 15 is 0 Å². The Morgan fingerprint density at radius 3 is 2.59 bits per heavy atom. The lowest BCUT2D eigenvalue weighted by atomic mass is 9.96. The first-order chi connectivity index (χ1) is 15.6. The van der Waals surface area contributed by atoms with E-state index in [1.807, 2.05) is 31.2 Å². The molecule has 0 saturated carbocycles. The van der Waals surface area contributed by atoms with E-state index in [9.17, 15) is 9.59 Å². The van der Waals surface area contributed by atoms with E-state index in [0.29, 0.717) is 34.3 Å². The zero-order valence-corrected chi connectivity index (χ0v) is 19.3. The first-order valence-electron chi connectivity index (χ1n) is 11.1. The lowest BCUT2D eigenvalue weighted by Crippen LogP contribution is -2.20. The van der Waals surface area contributed by atoms with Gasteiger partial charge < -0.3 is 15.4 Å². The van der Waals surface area contributed by atoms with Gasteiger partial charge in [0.2, 0.25) is 0 Å². The Hall–Kier alpha value is -3.13. The van der Waals surface area contributed by atoms with Crippen LogP contribution in [0.5, 0.6) is 5.75 Å². The molecule has 0 aliphatic heterocycles. The number of thiophene rings is 1. The minimum atomic E-state index is -0.275. The van der Waals surface area contributed by atoms with Gasteiger partial charge in [0.25, 0.3) is 11.8 Å². The van der Waals surface area contributed by atoms with Crippen molar-refractivity contribution in [1.82, 2.24) is 9.78 Å². The van der Waals surface area contributed by atoms with Gasteiger partial charge in [0.1, 0.15) is 16.4 Å². The molecule has 2 heterocycles. The Labute approximate surface area is 191 Å². The van der Waals surface area contributed by atoms with Crippen LogP contribution >= 0.6 is 11.3 Å². The minimum absolute atomic E-state index is 0.226. The summed E-state index contributed by atoms with van der Waals surface area (Å²) in [6.07, 6.45) is 7.82. The van der Waals surface area contributed by atoms with Gasteiger partial charge in [-0.1, -0.05) is 25.0 Å². The molecule has 0 atom stereocenters. The summed E-state index contributed by atoms with van der Waals surface area (Å²) in [6, 6.07) is 9.06. The summed E-state index contributed by atoms with van der Waals surface area (Å²) < 4.78 is 7.19. The summed E-state index contributed by atoms with van der Waals surface area (Å²) in [6.45, 7) is 2.42. The van der Waals surface area contributed by atoms with Crippen LogP contribution in [0.2, 0.25) is 0 Å². The fraction of sp³-hybridized carbons (Fsp3) is 0.375. The van der Waals surface area contributed by atoms with Crippen molar-refractivity contribution in [2.45, 2.75) is 45.4 Å². The van der Waals surface area contributed by atoms with E-state index in [2.05, 4.69) is 15.7 Å². The van der Waals surface area contributed by atoms with Crippen LogP contribution < -0.4 is 15.4 Å². The Bertz CT molecular complexity index is 1120. The quantitative estimate of drug-likeness (QED) is 0.548. The second-order valence-electron chi connectivity index (χ2n) is 7.80. The molecule has 0 bridgehead atoms. The monoisotopic (exact) mass is 452 g/mol. The Morgan fingerprint density at radius 2 is 1.84 bits per heavy atom. The van der Waals surface area contributed by atoms with Crippen molar-refractivity contribution >= 4 is 33.8 Å². The topological polar surface area (TPSA) is 85.2 Å². The molecule has 0 radical (unpaired) electrons. The molecule has 4 rings (SSSR count). The predicted octanol–water partition coefficient (Wildman–Crippen LogP) is 5.04. The van der Waals surface area contributed by atoms with Gasteiger partial charge in [-0.25, -0.2) is 0 Å². The highest BCUT2D eigenvalue weighted by Gasteiger charge is 2.26. The molecule has 2 amide bonds. The van der Waals surface area contributed by atoms with Gasteiger partial charge in [0, 0.05) is 18.1 Å². The van der Waals surface area contributed by atoms with Crippen LogP contribution in [-0.2, 0) is 19.9 Å². The van der Waals surface area contributed by atoms with Crippen LogP contribution in [0, 0.1) is 0 Å². The number of amides is 2. The average molecular weight is 453 g/mol. The fourth-order valence-corrected chi connectivity index (χ4v) is 5.33. The molecule has 0 fully saturated rings. The summed E-state index contributed by atoms with van der Waals surface area (Å²) in [4.78, 5) is 27.6. The number of para-hydroxylation sites is 2. The van der Waals surface area contributed by atoms with Crippen LogP contribution in [0.25, 0.3) is 0 Å². The van der Waals surface area contributed by atoms with Gasteiger partial charge in [-0.2, -0.15) is 5.10 Å². The van der Waals surface area contributed by atoms with Gasteiger partial charge in [0.05, 0.1) is 17.9 Å². The summed E-state index contributed by atoms with van der Waals surface area (Å²) >= 11 is 1.52. The number of ether oxygens (including phenoxy) is 1. The van der Waals surface area contributed by atoms with Crippen LogP contribution in [0.15, 0.2) is 36.5 Å². The number of carbonyl (C=O) groups excluding carboxylic acids is 2. The normalized spacial score (nSPS) is 13.6. The molecular weight excluding hydrogens is 424 g/mol. The molecule has 168 valence electrons. The maximum Gasteiger partial charge on any atom is 0.274 e. The van der Waals surface area contributed by atoms with E-state index in [1.165, 1.54) is 27.3 Å². The number of nitrogens with one attached hydrogen (secondary N) is 2. The molecule has 0 saturated heterocycles. The zero-order chi connectivity index (χ0) is 22.5. The summed E-state index contributed by atoms with van der Waals surface area (Å²) in [7, 11) is 1.72. The van der Waals surface area contributed by atoms with Crippen molar-refractivity contribution in [3.05, 3.63) is 58.2 Å². The third kappa shape index (κ3) is 4.70. The number of rotatable bonds is 6. The highest BCUT2D eigenvalue weighted by molar-refractivity contribution is 7.17. The number of hydrogen-bond acceptors (Lipinski definition) is 5. The molecule has 3 aromatic rings. The average Bonchev–Trinajstić information content (AvgIpc) is 3.33.